The molecule has 1 heterocycles. The van der Waals surface area contributed by atoms with E-state index >= 15 is 0 Å². The molecule has 0 bridgehead atoms. The summed E-state index contributed by atoms with van der Waals surface area (Å²) in [7, 11) is 0. The van der Waals surface area contributed by atoms with Gasteiger partial charge in [0.25, 0.3) is 0 Å². The first kappa shape index (κ1) is 22.3. The molecule has 0 spiro atoms. The van der Waals surface area contributed by atoms with Gasteiger partial charge in [-0.15, -0.1) is 24.0 Å². The average Bonchev–Trinajstić information content (AvgIpc) is 2.46. The molecule has 0 saturated carbocycles. The second-order valence-corrected chi connectivity index (χ2v) is 7.09. The number of likely N-dealkylation sites (tertiary alicyclic amines) is 1. The number of aromatic hydroxyl groups is 1. The lowest BCUT2D eigenvalue weighted by molar-refractivity contribution is 0.00701. The van der Waals surface area contributed by atoms with Gasteiger partial charge in [-0.2, -0.15) is 0 Å². The molecule has 0 atom stereocenters. The zero-order chi connectivity index (χ0) is 18.4. The van der Waals surface area contributed by atoms with Crippen molar-refractivity contribution >= 4 is 36.0 Å². The smallest absolute Gasteiger partial charge is 0.410 e. The van der Waals surface area contributed by atoms with E-state index in [1.54, 1.807) is 23.1 Å². The van der Waals surface area contributed by atoms with E-state index in [1.807, 2.05) is 33.8 Å². The number of guanidine groups is 1. The summed E-state index contributed by atoms with van der Waals surface area (Å²) in [5.74, 6) is 0.928. The normalized spacial score (nSPS) is 14.9. The summed E-state index contributed by atoms with van der Waals surface area (Å²) in [6, 6.07) is 7.19. The van der Waals surface area contributed by atoms with Gasteiger partial charge in [0.05, 0.1) is 12.6 Å². The molecule has 8 heteroatoms. The number of amides is 1. The van der Waals surface area contributed by atoms with Crippen LogP contribution in [0.15, 0.2) is 29.3 Å². The lowest BCUT2D eigenvalue weighted by Gasteiger charge is -2.40. The number of aliphatic imine (C=N–C) groups is 1. The molecule has 3 N–H and O–H groups in total. The molecule has 1 aromatic carbocycles. The molecule has 1 aromatic rings. The first-order valence-electron chi connectivity index (χ1n) is 8.57. The first-order valence-corrected chi connectivity index (χ1v) is 8.57. The summed E-state index contributed by atoms with van der Waals surface area (Å²) < 4.78 is 5.35. The number of hydrogen-bond acceptors (Lipinski definition) is 4. The Bertz CT molecular complexity index is 625. The van der Waals surface area contributed by atoms with Crippen LogP contribution in [-0.2, 0) is 11.3 Å². The molecule has 1 amide bonds. The van der Waals surface area contributed by atoms with Gasteiger partial charge in [0.15, 0.2) is 5.96 Å². The molecule has 1 fully saturated rings. The third-order valence-corrected chi connectivity index (χ3v) is 3.55. The Balaban J connectivity index is 0.00000338. The van der Waals surface area contributed by atoms with Gasteiger partial charge in [0, 0.05) is 19.6 Å². The highest BCUT2D eigenvalue weighted by molar-refractivity contribution is 14.0. The summed E-state index contributed by atoms with van der Waals surface area (Å²) in [6.45, 7) is 9.96. The summed E-state index contributed by atoms with van der Waals surface area (Å²) in [4.78, 5) is 18.1. The van der Waals surface area contributed by atoms with E-state index in [9.17, 15) is 9.90 Å². The fourth-order valence-corrected chi connectivity index (χ4v) is 2.38. The largest absolute Gasteiger partial charge is 0.508 e. The van der Waals surface area contributed by atoms with Crippen LogP contribution in [0.2, 0.25) is 0 Å². The van der Waals surface area contributed by atoms with Gasteiger partial charge in [-0.1, -0.05) is 12.1 Å². The second-order valence-electron chi connectivity index (χ2n) is 7.09. The maximum Gasteiger partial charge on any atom is 0.410 e. The number of carbonyl (C=O) groups excluding carboxylic acids is 1. The molecular weight excluding hydrogens is 447 g/mol. The molecule has 0 aliphatic carbocycles. The Morgan fingerprint density at radius 2 is 2.08 bits per heavy atom. The van der Waals surface area contributed by atoms with Crippen LogP contribution in [-0.4, -0.2) is 53.3 Å². The molecule has 0 aromatic heterocycles. The molecule has 1 saturated heterocycles. The standard InChI is InChI=1S/C18H28N4O3.HI/c1-5-19-16(20-10-13-7-6-8-15(23)9-13)21-14-11-22(12-14)17(24)25-18(2,3)4;/h6-9,14,23H,5,10-12H2,1-4H3,(H2,19,20,21);1H. The molecule has 146 valence electrons. The maximum absolute atomic E-state index is 11.9. The van der Waals surface area contributed by atoms with E-state index in [1.165, 1.54) is 0 Å². The van der Waals surface area contributed by atoms with Crippen LogP contribution in [0.5, 0.6) is 5.75 Å². The number of ether oxygens (including phenoxy) is 1. The highest BCUT2D eigenvalue weighted by Crippen LogP contribution is 2.15. The minimum Gasteiger partial charge on any atom is -0.508 e. The van der Waals surface area contributed by atoms with Gasteiger partial charge in [-0.3, -0.25) is 0 Å². The summed E-state index contributed by atoms with van der Waals surface area (Å²) in [5.41, 5.74) is 0.453. The molecule has 2 rings (SSSR count). The average molecular weight is 476 g/mol. The second kappa shape index (κ2) is 9.84. The van der Waals surface area contributed by atoms with E-state index in [0.717, 1.165) is 12.1 Å². The van der Waals surface area contributed by atoms with Crippen LogP contribution in [0.1, 0.15) is 33.3 Å². The molecule has 26 heavy (non-hydrogen) atoms. The third-order valence-electron chi connectivity index (χ3n) is 3.55. The zero-order valence-corrected chi connectivity index (χ0v) is 18.1. The summed E-state index contributed by atoms with van der Waals surface area (Å²) in [5, 5.41) is 16.0. The number of rotatable bonds is 4. The van der Waals surface area contributed by atoms with Crippen molar-refractivity contribution in [3.63, 3.8) is 0 Å². The highest BCUT2D eigenvalue weighted by Gasteiger charge is 2.34. The van der Waals surface area contributed by atoms with Crippen LogP contribution < -0.4 is 10.6 Å². The van der Waals surface area contributed by atoms with Crippen molar-refractivity contribution in [1.29, 1.82) is 0 Å². The predicted octanol–water partition coefficient (Wildman–Crippen LogP) is 2.68. The van der Waals surface area contributed by atoms with E-state index in [4.69, 9.17) is 4.74 Å². The van der Waals surface area contributed by atoms with Gasteiger partial charge >= 0.3 is 6.09 Å². The van der Waals surface area contributed by atoms with Gasteiger partial charge in [-0.05, 0) is 45.4 Å². The van der Waals surface area contributed by atoms with Crippen molar-refractivity contribution in [3.8, 4) is 5.75 Å². The number of nitrogens with one attached hydrogen (secondary N) is 2. The fourth-order valence-electron chi connectivity index (χ4n) is 2.38. The van der Waals surface area contributed by atoms with E-state index in [0.29, 0.717) is 25.6 Å². The number of phenolic OH excluding ortho intramolecular Hbond substituents is 1. The molecule has 1 aliphatic rings. The third kappa shape index (κ3) is 7.27. The highest BCUT2D eigenvalue weighted by atomic mass is 127. The number of carbonyl (C=O) groups is 1. The summed E-state index contributed by atoms with van der Waals surface area (Å²) >= 11 is 0. The Hall–Kier alpha value is -1.71. The van der Waals surface area contributed by atoms with Gasteiger partial charge in [0.2, 0.25) is 0 Å². The zero-order valence-electron chi connectivity index (χ0n) is 15.8. The fraction of sp³-hybridized carbons (Fsp3) is 0.556. The monoisotopic (exact) mass is 476 g/mol. The van der Waals surface area contributed by atoms with Crippen molar-refractivity contribution in [3.05, 3.63) is 29.8 Å². The van der Waals surface area contributed by atoms with E-state index in [2.05, 4.69) is 15.6 Å². The Morgan fingerprint density at radius 1 is 1.38 bits per heavy atom. The first-order chi connectivity index (χ1) is 11.8. The van der Waals surface area contributed by atoms with E-state index < -0.39 is 5.60 Å². The molecule has 7 nitrogen and oxygen atoms in total. The number of nitrogens with zero attached hydrogens (tertiary/aromatic N) is 2. The van der Waals surface area contributed by atoms with Crippen LogP contribution >= 0.6 is 24.0 Å². The van der Waals surface area contributed by atoms with E-state index in [-0.39, 0.29) is 41.9 Å². The number of halogens is 1. The van der Waals surface area contributed by atoms with Crippen LogP contribution in [0, 0.1) is 0 Å². The van der Waals surface area contributed by atoms with Crippen molar-refractivity contribution in [2.75, 3.05) is 19.6 Å². The van der Waals surface area contributed by atoms with Crippen LogP contribution in [0.25, 0.3) is 0 Å². The molecule has 1 aliphatic heterocycles. The van der Waals surface area contributed by atoms with Crippen molar-refractivity contribution in [1.82, 2.24) is 15.5 Å². The van der Waals surface area contributed by atoms with Crippen molar-refractivity contribution in [2.45, 2.75) is 45.9 Å². The minimum atomic E-state index is -0.479. The summed E-state index contributed by atoms with van der Waals surface area (Å²) in [6.07, 6.45) is -0.285. The maximum atomic E-state index is 11.9. The quantitative estimate of drug-likeness (QED) is 0.354. The Kier molecular flexibility index (Phi) is 8.45. The minimum absolute atomic E-state index is 0. The number of phenols is 1. The van der Waals surface area contributed by atoms with Crippen molar-refractivity contribution in [2.24, 2.45) is 4.99 Å². The van der Waals surface area contributed by atoms with Crippen LogP contribution in [0.4, 0.5) is 4.79 Å². The SMILES string of the molecule is CCNC(=NCc1cccc(O)c1)NC1CN(C(=O)OC(C)(C)C)C1.I. The Morgan fingerprint density at radius 3 is 2.65 bits per heavy atom. The number of hydrogen-bond donors (Lipinski definition) is 3. The van der Waals surface area contributed by atoms with Gasteiger partial charge < -0.3 is 25.4 Å². The van der Waals surface area contributed by atoms with Crippen molar-refractivity contribution < 1.29 is 14.6 Å². The van der Waals surface area contributed by atoms with Crippen LogP contribution in [0.3, 0.4) is 0 Å². The van der Waals surface area contributed by atoms with Gasteiger partial charge in [0.1, 0.15) is 11.4 Å². The lowest BCUT2D eigenvalue weighted by Crippen LogP contribution is -2.63. The molecular formula is C18H29IN4O3. The lowest BCUT2D eigenvalue weighted by atomic mass is 10.1. The predicted molar refractivity (Wildman–Crippen MR) is 113 cm³/mol. The molecule has 0 unspecified atom stereocenters. The Labute approximate surface area is 172 Å². The molecule has 0 radical (unpaired) electrons. The topological polar surface area (TPSA) is 86.2 Å². The van der Waals surface area contributed by atoms with Gasteiger partial charge in [-0.25, -0.2) is 9.79 Å². The number of benzene rings is 1.